The van der Waals surface area contributed by atoms with Crippen LogP contribution in [0.2, 0.25) is 0 Å². The van der Waals surface area contributed by atoms with Gasteiger partial charge in [0.05, 0.1) is 0 Å². The predicted octanol–water partition coefficient (Wildman–Crippen LogP) is 8.12. The minimum atomic E-state index is 0.126. The molecule has 0 radical (unpaired) electrons. The highest BCUT2D eigenvalue weighted by Crippen LogP contribution is 2.41. The lowest BCUT2D eigenvalue weighted by Crippen LogP contribution is -2.21. The van der Waals surface area contributed by atoms with E-state index in [2.05, 4.69) is 112 Å². The molecule has 2 aromatic carbocycles. The zero-order valence-corrected chi connectivity index (χ0v) is 19.3. The highest BCUT2D eigenvalue weighted by molar-refractivity contribution is 5.47. The van der Waals surface area contributed by atoms with Gasteiger partial charge in [0, 0.05) is 5.92 Å². The molecule has 0 saturated heterocycles. The van der Waals surface area contributed by atoms with Crippen molar-refractivity contribution in [3.63, 3.8) is 0 Å². The molecule has 0 spiro atoms. The van der Waals surface area contributed by atoms with Gasteiger partial charge in [0.1, 0.15) is 0 Å². The van der Waals surface area contributed by atoms with Gasteiger partial charge in [0.25, 0.3) is 0 Å². The summed E-state index contributed by atoms with van der Waals surface area (Å²) in [6.07, 6.45) is 1.12. The summed E-state index contributed by atoms with van der Waals surface area (Å²) in [7, 11) is 0. The van der Waals surface area contributed by atoms with E-state index in [1.54, 1.807) is 0 Å². The largest absolute Gasteiger partial charge is 0.0645 e. The van der Waals surface area contributed by atoms with Gasteiger partial charge in [-0.05, 0) is 50.5 Å². The second kappa shape index (κ2) is 7.46. The summed E-state index contributed by atoms with van der Waals surface area (Å²) >= 11 is 0. The number of benzene rings is 2. The van der Waals surface area contributed by atoms with Gasteiger partial charge in [-0.1, -0.05) is 112 Å². The molecule has 0 aliphatic carbocycles. The van der Waals surface area contributed by atoms with Crippen molar-refractivity contribution < 1.29 is 0 Å². The number of hydrogen-bond donors (Lipinski definition) is 0. The fourth-order valence-electron chi connectivity index (χ4n) is 4.07. The first-order valence-corrected chi connectivity index (χ1v) is 10.5. The highest BCUT2D eigenvalue weighted by atomic mass is 14.3. The van der Waals surface area contributed by atoms with Crippen molar-refractivity contribution in [3.8, 4) is 0 Å². The van der Waals surface area contributed by atoms with Gasteiger partial charge in [0.2, 0.25) is 0 Å². The van der Waals surface area contributed by atoms with Crippen molar-refractivity contribution in [2.75, 3.05) is 0 Å². The van der Waals surface area contributed by atoms with E-state index in [9.17, 15) is 0 Å². The second-order valence-corrected chi connectivity index (χ2v) is 11.1. The maximum absolute atomic E-state index is 2.47. The molecule has 1 unspecified atom stereocenters. The minimum Gasteiger partial charge on any atom is -0.0645 e. The normalized spacial score (nSPS) is 14.3. The Morgan fingerprint density at radius 2 is 1.15 bits per heavy atom. The van der Waals surface area contributed by atoms with E-state index in [1.807, 2.05) is 0 Å². The summed E-state index contributed by atoms with van der Waals surface area (Å²) in [4.78, 5) is 0. The van der Waals surface area contributed by atoms with E-state index in [-0.39, 0.29) is 16.2 Å². The molecular weight excluding hydrogens is 324 g/mol. The Labute approximate surface area is 168 Å². The Morgan fingerprint density at radius 3 is 1.63 bits per heavy atom. The van der Waals surface area contributed by atoms with Crippen LogP contribution >= 0.6 is 0 Å². The zero-order valence-electron chi connectivity index (χ0n) is 19.3. The van der Waals surface area contributed by atoms with Gasteiger partial charge in [0.15, 0.2) is 0 Å². The standard InChI is InChI=1S/C27H40/c1-11-20(21-14-12-13-15-23(21)26(5,6)7)22-17-16-19(25(2,3)4)18-24(22)27(8,9)10/h12-18,20H,11H2,1-10H3. The lowest BCUT2D eigenvalue weighted by molar-refractivity contribution is 0.551. The van der Waals surface area contributed by atoms with Crippen LogP contribution in [0.4, 0.5) is 0 Å². The van der Waals surface area contributed by atoms with Crippen LogP contribution in [0.5, 0.6) is 0 Å². The van der Waals surface area contributed by atoms with Crippen molar-refractivity contribution in [2.45, 2.75) is 97.8 Å². The van der Waals surface area contributed by atoms with Crippen LogP contribution in [0, 0.1) is 0 Å². The van der Waals surface area contributed by atoms with E-state index in [0.29, 0.717) is 5.92 Å². The van der Waals surface area contributed by atoms with Gasteiger partial charge in [-0.25, -0.2) is 0 Å². The first-order chi connectivity index (χ1) is 12.3. The van der Waals surface area contributed by atoms with Gasteiger partial charge in [-0.2, -0.15) is 0 Å². The summed E-state index contributed by atoms with van der Waals surface area (Å²) in [5, 5.41) is 0. The lowest BCUT2D eigenvalue weighted by atomic mass is 9.72. The smallest absolute Gasteiger partial charge is 0.00925 e. The second-order valence-electron chi connectivity index (χ2n) is 11.1. The number of hydrogen-bond acceptors (Lipinski definition) is 0. The van der Waals surface area contributed by atoms with Crippen LogP contribution in [0.25, 0.3) is 0 Å². The molecule has 0 N–H and O–H groups in total. The Bertz CT molecular complexity index is 773. The van der Waals surface area contributed by atoms with E-state index >= 15 is 0 Å². The molecule has 0 aromatic heterocycles. The van der Waals surface area contributed by atoms with Crippen LogP contribution < -0.4 is 0 Å². The van der Waals surface area contributed by atoms with Gasteiger partial charge in [-0.15, -0.1) is 0 Å². The van der Waals surface area contributed by atoms with Gasteiger partial charge in [-0.3, -0.25) is 0 Å². The summed E-state index contributed by atoms with van der Waals surface area (Å²) in [5.41, 5.74) is 7.81. The molecule has 0 heteroatoms. The third-order valence-electron chi connectivity index (χ3n) is 5.66. The average Bonchev–Trinajstić information content (AvgIpc) is 2.53. The summed E-state index contributed by atoms with van der Waals surface area (Å²) in [6, 6.07) is 16.3. The molecule has 1 atom stereocenters. The molecule has 148 valence electrons. The highest BCUT2D eigenvalue weighted by Gasteiger charge is 2.28. The summed E-state index contributed by atoms with van der Waals surface area (Å²) < 4.78 is 0. The Balaban J connectivity index is 2.72. The van der Waals surface area contributed by atoms with Crippen molar-refractivity contribution in [1.82, 2.24) is 0 Å². The monoisotopic (exact) mass is 364 g/mol. The fraction of sp³-hybridized carbons (Fsp3) is 0.556. The van der Waals surface area contributed by atoms with Crippen molar-refractivity contribution in [2.24, 2.45) is 0 Å². The first kappa shape index (κ1) is 21.7. The molecule has 0 bridgehead atoms. The maximum Gasteiger partial charge on any atom is 0.00925 e. The molecule has 0 heterocycles. The van der Waals surface area contributed by atoms with E-state index in [0.717, 1.165) is 6.42 Å². The molecule has 27 heavy (non-hydrogen) atoms. The molecule has 0 saturated carbocycles. The molecule has 0 amide bonds. The van der Waals surface area contributed by atoms with Gasteiger partial charge < -0.3 is 0 Å². The van der Waals surface area contributed by atoms with Crippen molar-refractivity contribution in [3.05, 3.63) is 70.3 Å². The molecule has 2 aromatic rings. The first-order valence-electron chi connectivity index (χ1n) is 10.5. The SMILES string of the molecule is CCC(c1ccccc1C(C)(C)C)c1ccc(C(C)(C)C)cc1C(C)(C)C. The van der Waals surface area contributed by atoms with E-state index in [4.69, 9.17) is 0 Å². The number of rotatable bonds is 3. The molecule has 0 aliphatic heterocycles. The van der Waals surface area contributed by atoms with E-state index in [1.165, 1.54) is 27.8 Å². The van der Waals surface area contributed by atoms with Crippen LogP contribution in [-0.2, 0) is 16.2 Å². The zero-order chi connectivity index (χ0) is 20.6. The lowest BCUT2D eigenvalue weighted by Gasteiger charge is -2.33. The van der Waals surface area contributed by atoms with Crippen LogP contribution in [0.1, 0.15) is 109 Å². The predicted molar refractivity (Wildman–Crippen MR) is 121 cm³/mol. The molecule has 0 nitrogen and oxygen atoms in total. The van der Waals surface area contributed by atoms with Crippen LogP contribution in [0.3, 0.4) is 0 Å². The van der Waals surface area contributed by atoms with Crippen molar-refractivity contribution in [1.29, 1.82) is 0 Å². The van der Waals surface area contributed by atoms with Gasteiger partial charge >= 0.3 is 0 Å². The minimum absolute atomic E-state index is 0.126. The third-order valence-corrected chi connectivity index (χ3v) is 5.66. The summed E-state index contributed by atoms with van der Waals surface area (Å²) in [5.74, 6) is 0.434. The molecular formula is C27H40. The molecule has 0 fully saturated rings. The quantitative estimate of drug-likeness (QED) is 0.516. The summed E-state index contributed by atoms with van der Waals surface area (Å²) in [6.45, 7) is 23.3. The van der Waals surface area contributed by atoms with E-state index < -0.39 is 0 Å². The van der Waals surface area contributed by atoms with Crippen LogP contribution in [-0.4, -0.2) is 0 Å². The molecule has 2 rings (SSSR count). The maximum atomic E-state index is 2.47. The third kappa shape index (κ3) is 4.84. The topological polar surface area (TPSA) is 0 Å². The van der Waals surface area contributed by atoms with Crippen molar-refractivity contribution >= 4 is 0 Å². The Morgan fingerprint density at radius 1 is 0.630 bits per heavy atom. The average molecular weight is 365 g/mol. The fourth-order valence-corrected chi connectivity index (χ4v) is 4.07. The molecule has 0 aliphatic rings. The Hall–Kier alpha value is -1.56. The Kier molecular flexibility index (Phi) is 6.00. The van der Waals surface area contributed by atoms with Crippen LogP contribution in [0.15, 0.2) is 42.5 Å².